The lowest BCUT2D eigenvalue weighted by Crippen LogP contribution is -1.98. The monoisotopic (exact) mass is 241 g/mol. The quantitative estimate of drug-likeness (QED) is 0.602. The van der Waals surface area contributed by atoms with Crippen LogP contribution in [0.1, 0.15) is 18.5 Å². The maximum atomic E-state index is 10.2. The summed E-state index contributed by atoms with van der Waals surface area (Å²) in [5.41, 5.74) is 0.690. The van der Waals surface area contributed by atoms with Gasteiger partial charge in [0.05, 0.1) is 20.3 Å². The fourth-order valence-electron chi connectivity index (χ4n) is 1.42. The summed E-state index contributed by atoms with van der Waals surface area (Å²) in [6.45, 7) is 1.75. The van der Waals surface area contributed by atoms with Gasteiger partial charge in [-0.05, 0) is 13.0 Å². The molecule has 0 aliphatic heterocycles. The molecule has 0 radical (unpaired) electrons. The highest BCUT2D eigenvalue weighted by molar-refractivity contribution is 6.30. The Morgan fingerprint density at radius 3 is 2.56 bits per heavy atom. The van der Waals surface area contributed by atoms with Crippen molar-refractivity contribution in [2.75, 3.05) is 14.2 Å². The SMILES string of the molecule is COc1cc(Cl)cc(C(C)N=C=O)c1OC. The van der Waals surface area contributed by atoms with E-state index in [-0.39, 0.29) is 6.04 Å². The van der Waals surface area contributed by atoms with Crippen molar-refractivity contribution in [3.05, 3.63) is 22.7 Å². The average Bonchev–Trinajstić information content (AvgIpc) is 2.28. The van der Waals surface area contributed by atoms with Crippen molar-refractivity contribution in [1.29, 1.82) is 0 Å². The molecule has 0 amide bonds. The number of benzene rings is 1. The zero-order valence-electron chi connectivity index (χ0n) is 9.28. The number of hydrogen-bond acceptors (Lipinski definition) is 4. The minimum Gasteiger partial charge on any atom is -0.493 e. The maximum Gasteiger partial charge on any atom is 0.235 e. The first-order valence-corrected chi connectivity index (χ1v) is 5.00. The molecule has 4 nitrogen and oxygen atoms in total. The first-order valence-electron chi connectivity index (χ1n) is 4.62. The van der Waals surface area contributed by atoms with Crippen molar-refractivity contribution in [1.82, 2.24) is 0 Å². The predicted molar refractivity (Wildman–Crippen MR) is 61.1 cm³/mol. The lowest BCUT2D eigenvalue weighted by Gasteiger charge is -2.15. The Morgan fingerprint density at radius 1 is 1.38 bits per heavy atom. The number of hydrogen-bond donors (Lipinski definition) is 0. The standard InChI is InChI=1S/C11H12ClNO3/c1-7(13-6-14)9-4-8(12)5-10(15-2)11(9)16-3/h4-5,7H,1-3H3. The number of carbonyl (C=O) groups excluding carboxylic acids is 1. The first kappa shape index (κ1) is 12.6. The highest BCUT2D eigenvalue weighted by Crippen LogP contribution is 2.38. The number of aliphatic imine (C=N–C) groups is 1. The molecule has 86 valence electrons. The van der Waals surface area contributed by atoms with Gasteiger partial charge >= 0.3 is 0 Å². The van der Waals surface area contributed by atoms with E-state index in [1.54, 1.807) is 19.1 Å². The van der Waals surface area contributed by atoms with E-state index in [9.17, 15) is 4.79 Å². The normalized spacial score (nSPS) is 11.5. The van der Waals surface area contributed by atoms with Gasteiger partial charge in [0.15, 0.2) is 11.5 Å². The molecule has 0 spiro atoms. The van der Waals surface area contributed by atoms with Crippen LogP contribution < -0.4 is 9.47 Å². The molecule has 0 bridgehead atoms. The zero-order chi connectivity index (χ0) is 12.1. The molecule has 0 N–H and O–H groups in total. The number of nitrogens with zero attached hydrogens (tertiary/aromatic N) is 1. The Hall–Kier alpha value is -1.51. The van der Waals surface area contributed by atoms with Crippen molar-refractivity contribution in [3.8, 4) is 11.5 Å². The van der Waals surface area contributed by atoms with Crippen LogP contribution in [0.3, 0.4) is 0 Å². The van der Waals surface area contributed by atoms with Gasteiger partial charge in [-0.1, -0.05) is 11.6 Å². The molecule has 0 aliphatic rings. The lowest BCUT2D eigenvalue weighted by atomic mass is 10.1. The van der Waals surface area contributed by atoms with Gasteiger partial charge in [0.2, 0.25) is 6.08 Å². The fourth-order valence-corrected chi connectivity index (χ4v) is 1.63. The van der Waals surface area contributed by atoms with Gasteiger partial charge in [-0.25, -0.2) is 4.79 Å². The number of ether oxygens (including phenoxy) is 2. The lowest BCUT2D eigenvalue weighted by molar-refractivity contribution is 0.350. The third-order valence-electron chi connectivity index (χ3n) is 2.17. The molecule has 5 heteroatoms. The molecule has 16 heavy (non-hydrogen) atoms. The molecular weight excluding hydrogens is 230 g/mol. The Balaban J connectivity index is 3.35. The molecule has 0 aromatic heterocycles. The summed E-state index contributed by atoms with van der Waals surface area (Å²) < 4.78 is 10.4. The highest BCUT2D eigenvalue weighted by atomic mass is 35.5. The van der Waals surface area contributed by atoms with E-state index in [4.69, 9.17) is 21.1 Å². The molecule has 0 saturated carbocycles. The average molecular weight is 242 g/mol. The van der Waals surface area contributed by atoms with Crippen LogP contribution in [0, 0.1) is 0 Å². The zero-order valence-corrected chi connectivity index (χ0v) is 10.0. The summed E-state index contributed by atoms with van der Waals surface area (Å²) >= 11 is 5.93. The van der Waals surface area contributed by atoms with Crippen LogP contribution in [-0.2, 0) is 4.79 Å². The molecule has 0 heterocycles. The molecule has 1 aromatic rings. The second kappa shape index (κ2) is 5.54. The second-order valence-corrected chi connectivity index (χ2v) is 3.56. The second-order valence-electron chi connectivity index (χ2n) is 3.13. The van der Waals surface area contributed by atoms with Crippen LogP contribution >= 0.6 is 11.6 Å². The summed E-state index contributed by atoms with van der Waals surface area (Å²) in [6, 6.07) is 2.95. The van der Waals surface area contributed by atoms with Gasteiger partial charge in [-0.3, -0.25) is 0 Å². The smallest absolute Gasteiger partial charge is 0.235 e. The topological polar surface area (TPSA) is 47.9 Å². The molecular formula is C11H12ClNO3. The van der Waals surface area contributed by atoms with Crippen molar-refractivity contribution in [2.45, 2.75) is 13.0 Å². The molecule has 1 aromatic carbocycles. The Kier molecular flexibility index (Phi) is 4.35. The fraction of sp³-hybridized carbons (Fsp3) is 0.364. The van der Waals surface area contributed by atoms with E-state index in [0.29, 0.717) is 22.1 Å². The number of rotatable bonds is 4. The Morgan fingerprint density at radius 2 is 2.06 bits per heavy atom. The summed E-state index contributed by atoms with van der Waals surface area (Å²) in [6.07, 6.45) is 1.51. The van der Waals surface area contributed by atoms with Crippen LogP contribution in [0.4, 0.5) is 0 Å². The van der Waals surface area contributed by atoms with E-state index < -0.39 is 0 Å². The van der Waals surface area contributed by atoms with E-state index in [0.717, 1.165) is 0 Å². The third-order valence-corrected chi connectivity index (χ3v) is 2.39. The largest absolute Gasteiger partial charge is 0.493 e. The van der Waals surface area contributed by atoms with Gasteiger partial charge in [0, 0.05) is 16.7 Å². The number of methoxy groups -OCH3 is 2. The first-order chi connectivity index (χ1) is 7.63. The van der Waals surface area contributed by atoms with Crippen LogP contribution in [0.15, 0.2) is 17.1 Å². The molecule has 0 fully saturated rings. The van der Waals surface area contributed by atoms with Crippen molar-refractivity contribution >= 4 is 17.7 Å². The van der Waals surface area contributed by atoms with Gasteiger partial charge in [-0.2, -0.15) is 4.99 Å². The van der Waals surface area contributed by atoms with Crippen molar-refractivity contribution in [3.63, 3.8) is 0 Å². The Bertz CT molecular complexity index is 427. The van der Waals surface area contributed by atoms with Crippen LogP contribution in [0.5, 0.6) is 11.5 Å². The number of halogens is 1. The van der Waals surface area contributed by atoms with Crippen LogP contribution in [-0.4, -0.2) is 20.3 Å². The summed E-state index contributed by atoms with van der Waals surface area (Å²) in [5.74, 6) is 1.04. The molecule has 1 unspecified atom stereocenters. The van der Waals surface area contributed by atoms with Gasteiger partial charge < -0.3 is 9.47 Å². The minimum atomic E-state index is -0.375. The van der Waals surface area contributed by atoms with E-state index in [1.165, 1.54) is 20.3 Å². The molecule has 1 rings (SSSR count). The van der Waals surface area contributed by atoms with Crippen molar-refractivity contribution in [2.24, 2.45) is 4.99 Å². The van der Waals surface area contributed by atoms with E-state index in [2.05, 4.69) is 4.99 Å². The molecule has 1 atom stereocenters. The summed E-state index contributed by atoms with van der Waals surface area (Å²) in [7, 11) is 3.04. The van der Waals surface area contributed by atoms with Crippen LogP contribution in [0.2, 0.25) is 5.02 Å². The highest BCUT2D eigenvalue weighted by Gasteiger charge is 2.16. The number of isocyanates is 1. The van der Waals surface area contributed by atoms with Gasteiger partial charge in [0.25, 0.3) is 0 Å². The summed E-state index contributed by atoms with van der Waals surface area (Å²) in [5, 5.41) is 0.501. The predicted octanol–water partition coefficient (Wildman–Crippen LogP) is 2.75. The van der Waals surface area contributed by atoms with Crippen LogP contribution in [0.25, 0.3) is 0 Å². The minimum absolute atomic E-state index is 0.375. The van der Waals surface area contributed by atoms with E-state index >= 15 is 0 Å². The Labute approximate surface area is 98.8 Å². The molecule has 0 aliphatic carbocycles. The van der Waals surface area contributed by atoms with Gasteiger partial charge in [0.1, 0.15) is 0 Å². The maximum absolute atomic E-state index is 10.2. The van der Waals surface area contributed by atoms with E-state index in [1.807, 2.05) is 0 Å². The van der Waals surface area contributed by atoms with Gasteiger partial charge in [-0.15, -0.1) is 0 Å². The summed E-state index contributed by atoms with van der Waals surface area (Å²) in [4.78, 5) is 13.9. The molecule has 0 saturated heterocycles. The van der Waals surface area contributed by atoms with Crippen molar-refractivity contribution < 1.29 is 14.3 Å². The third kappa shape index (κ3) is 2.54.